The number of rotatable bonds is 18. The fraction of sp³-hybridized carbons (Fsp3) is 0.950. The Kier molecular flexibility index (Phi) is 21.6. The maximum Gasteiger partial charge on any atom is 1.00 e. The predicted octanol–water partition coefficient (Wildman–Crippen LogP) is 2.26. The molecule has 0 radical (unpaired) electrons. The molecule has 0 aromatic carbocycles. The van der Waals surface area contributed by atoms with Crippen LogP contribution in [0.25, 0.3) is 0 Å². The minimum Gasteiger partial charge on any atom is -0.746 e. The van der Waals surface area contributed by atoms with Crippen LogP contribution in [0.5, 0.6) is 0 Å². The Morgan fingerprint density at radius 3 is 1.44 bits per heavy atom. The first-order valence-corrected chi connectivity index (χ1v) is 12.1. The molecule has 0 aliphatic heterocycles. The molecule has 156 valence electrons. The molecule has 0 bridgehead atoms. The first-order valence-electron chi connectivity index (χ1n) is 10.6. The zero-order valence-electron chi connectivity index (χ0n) is 17.9. The molecule has 1 N–H and O–H groups in total. The van der Waals surface area contributed by atoms with Crippen molar-refractivity contribution in [2.45, 2.75) is 122 Å². The number of unbranched alkanes of at least 4 members (excludes halogenated alkanes) is 14. The molecule has 0 aromatic rings. The van der Waals surface area contributed by atoms with Crippen molar-refractivity contribution >= 4 is 16.0 Å². The van der Waals surface area contributed by atoms with E-state index in [1.807, 2.05) is 0 Å². The monoisotopic (exact) mass is 413 g/mol. The van der Waals surface area contributed by atoms with Gasteiger partial charge < -0.3 is 9.87 Å². The first kappa shape index (κ1) is 29.6. The molecule has 0 heterocycles. The van der Waals surface area contributed by atoms with E-state index in [0.717, 1.165) is 19.3 Å². The maximum absolute atomic E-state index is 11.5. The van der Waals surface area contributed by atoms with E-state index in [1.165, 1.54) is 84.0 Å². The van der Waals surface area contributed by atoms with Crippen LogP contribution in [-0.4, -0.2) is 24.3 Å². The van der Waals surface area contributed by atoms with Crippen molar-refractivity contribution in [3.8, 4) is 0 Å². The number of carbonyl (C=O) groups is 1. The van der Waals surface area contributed by atoms with Gasteiger partial charge in [-0.15, -0.1) is 0 Å². The van der Waals surface area contributed by atoms with Gasteiger partial charge in [-0.1, -0.05) is 96.8 Å². The minimum absolute atomic E-state index is 0. The third-order valence-corrected chi connectivity index (χ3v) is 5.79. The summed E-state index contributed by atoms with van der Waals surface area (Å²) in [6, 6.07) is 0. The van der Waals surface area contributed by atoms with Crippen LogP contribution in [0.15, 0.2) is 0 Å². The van der Waals surface area contributed by atoms with Crippen LogP contribution >= 0.6 is 0 Å². The molecule has 27 heavy (non-hydrogen) atoms. The van der Waals surface area contributed by atoms with Gasteiger partial charge in [0.05, 0.1) is 0 Å². The molecular formula is C20H40NNaO4S. The number of amides is 1. The van der Waals surface area contributed by atoms with Gasteiger partial charge in [-0.2, -0.15) is 0 Å². The summed E-state index contributed by atoms with van der Waals surface area (Å²) in [4.78, 5) is 11.5. The van der Waals surface area contributed by atoms with Crippen molar-refractivity contribution in [1.29, 1.82) is 0 Å². The summed E-state index contributed by atoms with van der Waals surface area (Å²) in [7, 11) is -4.44. The Bertz CT molecular complexity index is 443. The summed E-state index contributed by atoms with van der Waals surface area (Å²) in [5, 5.41) is 0.889. The number of carbonyl (C=O) groups excluding carboxylic acids is 1. The summed E-state index contributed by atoms with van der Waals surface area (Å²) < 4.78 is 32.1. The van der Waals surface area contributed by atoms with Gasteiger partial charge in [0.2, 0.25) is 5.91 Å². The number of nitrogens with one attached hydrogen (secondary N) is 1. The van der Waals surface area contributed by atoms with Gasteiger partial charge in [-0.3, -0.25) is 4.79 Å². The van der Waals surface area contributed by atoms with Crippen LogP contribution in [0.3, 0.4) is 0 Å². The zero-order valence-corrected chi connectivity index (χ0v) is 20.7. The molecule has 0 saturated heterocycles. The van der Waals surface area contributed by atoms with Crippen molar-refractivity contribution in [2.75, 3.05) is 0 Å². The zero-order chi connectivity index (χ0) is 19.7. The average Bonchev–Trinajstić information content (AvgIpc) is 2.57. The Labute approximate surface area is 189 Å². The van der Waals surface area contributed by atoms with Crippen LogP contribution in [0, 0.1) is 0 Å². The van der Waals surface area contributed by atoms with E-state index in [-0.39, 0.29) is 41.9 Å². The van der Waals surface area contributed by atoms with E-state index in [0.29, 0.717) is 0 Å². The van der Waals surface area contributed by atoms with Gasteiger partial charge in [-0.05, 0) is 13.3 Å². The Balaban J connectivity index is 0. The van der Waals surface area contributed by atoms with Crippen molar-refractivity contribution < 1.29 is 47.3 Å². The molecule has 7 heteroatoms. The predicted molar refractivity (Wildman–Crippen MR) is 107 cm³/mol. The van der Waals surface area contributed by atoms with E-state index >= 15 is 0 Å². The van der Waals surface area contributed by atoms with Gasteiger partial charge >= 0.3 is 29.6 Å². The third kappa shape index (κ3) is 20.9. The Morgan fingerprint density at radius 1 is 0.778 bits per heavy atom. The fourth-order valence-corrected chi connectivity index (χ4v) is 3.30. The molecular weight excluding hydrogens is 373 g/mol. The van der Waals surface area contributed by atoms with Gasteiger partial charge in [0.1, 0.15) is 15.5 Å². The third-order valence-electron chi connectivity index (χ3n) is 4.80. The molecule has 1 atom stereocenters. The van der Waals surface area contributed by atoms with E-state index < -0.39 is 15.5 Å². The SMILES string of the molecule is CCCCCCCCCCCCCCCCCC(=O)NC(C)S(=O)(=O)[O-].[Na+]. The first-order chi connectivity index (χ1) is 12.4. The second kappa shape index (κ2) is 19.7. The van der Waals surface area contributed by atoms with Crippen molar-refractivity contribution in [3.05, 3.63) is 0 Å². The Hall–Kier alpha value is 0.380. The molecule has 1 amide bonds. The van der Waals surface area contributed by atoms with Gasteiger partial charge in [0.25, 0.3) is 0 Å². The largest absolute Gasteiger partial charge is 1.00 e. The maximum atomic E-state index is 11.5. The molecule has 5 nitrogen and oxygen atoms in total. The van der Waals surface area contributed by atoms with Crippen LogP contribution in [0.4, 0.5) is 0 Å². The average molecular weight is 414 g/mol. The minimum atomic E-state index is -4.44. The Morgan fingerprint density at radius 2 is 1.11 bits per heavy atom. The molecule has 0 aliphatic carbocycles. The standard InChI is InChI=1S/C20H41NO4S.Na/c1-3-4-5-6-7-8-9-10-11-12-13-14-15-16-17-18-20(22)21-19(2)26(23,24)25;/h19H,3-18H2,1-2H3,(H,21,22)(H,23,24,25);/q;+1/p-1. The van der Waals surface area contributed by atoms with Gasteiger partial charge in [0.15, 0.2) is 0 Å². The van der Waals surface area contributed by atoms with Crippen LogP contribution in [-0.2, 0) is 14.9 Å². The van der Waals surface area contributed by atoms with Crippen LogP contribution in [0.1, 0.15) is 117 Å². The van der Waals surface area contributed by atoms with E-state index in [1.54, 1.807) is 0 Å². The van der Waals surface area contributed by atoms with Crippen molar-refractivity contribution in [2.24, 2.45) is 0 Å². The topological polar surface area (TPSA) is 86.3 Å². The molecule has 0 spiro atoms. The number of hydrogen-bond donors (Lipinski definition) is 1. The normalized spacial score (nSPS) is 12.4. The summed E-state index contributed by atoms with van der Waals surface area (Å²) in [6.07, 6.45) is 19.2. The van der Waals surface area contributed by atoms with Crippen molar-refractivity contribution in [3.63, 3.8) is 0 Å². The van der Waals surface area contributed by atoms with Gasteiger partial charge in [0, 0.05) is 6.42 Å². The summed E-state index contributed by atoms with van der Waals surface area (Å²) in [5.41, 5.74) is 0. The van der Waals surface area contributed by atoms with E-state index in [4.69, 9.17) is 0 Å². The van der Waals surface area contributed by atoms with Crippen LogP contribution < -0.4 is 34.9 Å². The molecule has 0 rings (SSSR count). The van der Waals surface area contributed by atoms with Crippen molar-refractivity contribution in [1.82, 2.24) is 5.32 Å². The molecule has 0 aromatic heterocycles. The quantitative estimate of drug-likeness (QED) is 0.212. The molecule has 1 unspecified atom stereocenters. The molecule has 0 saturated carbocycles. The molecule has 0 fully saturated rings. The summed E-state index contributed by atoms with van der Waals surface area (Å²) >= 11 is 0. The fourth-order valence-electron chi connectivity index (χ4n) is 3.03. The summed E-state index contributed by atoms with van der Waals surface area (Å²) in [5.74, 6) is -0.355. The second-order valence-corrected chi connectivity index (χ2v) is 9.09. The van der Waals surface area contributed by atoms with Crippen LogP contribution in [0.2, 0.25) is 0 Å². The molecule has 0 aliphatic rings. The number of hydrogen-bond acceptors (Lipinski definition) is 4. The second-order valence-electron chi connectivity index (χ2n) is 7.40. The van der Waals surface area contributed by atoms with E-state index in [9.17, 15) is 17.8 Å². The smallest absolute Gasteiger partial charge is 0.746 e. The van der Waals surface area contributed by atoms with E-state index in [2.05, 4.69) is 12.2 Å². The summed E-state index contributed by atoms with van der Waals surface area (Å²) in [6.45, 7) is 3.45. The van der Waals surface area contributed by atoms with Gasteiger partial charge in [-0.25, -0.2) is 8.42 Å².